The zero-order valence-corrected chi connectivity index (χ0v) is 18.0. The lowest BCUT2D eigenvalue weighted by Crippen LogP contribution is -2.27. The van der Waals surface area contributed by atoms with E-state index in [4.69, 9.17) is 11.6 Å². The highest BCUT2D eigenvalue weighted by atomic mass is 79.9. The van der Waals surface area contributed by atoms with Crippen LogP contribution in [0.1, 0.15) is 36.7 Å². The van der Waals surface area contributed by atoms with Crippen LogP contribution in [0.25, 0.3) is 0 Å². The van der Waals surface area contributed by atoms with Crippen LogP contribution in [0, 0.1) is 0 Å². The van der Waals surface area contributed by atoms with Crippen LogP contribution in [-0.4, -0.2) is 34.1 Å². The van der Waals surface area contributed by atoms with Crippen molar-refractivity contribution in [2.75, 3.05) is 17.6 Å². The van der Waals surface area contributed by atoms with Gasteiger partial charge in [0.2, 0.25) is 5.91 Å². The van der Waals surface area contributed by atoms with Crippen molar-refractivity contribution in [3.63, 3.8) is 0 Å². The molecule has 0 saturated carbocycles. The molecule has 1 aromatic heterocycles. The molecule has 1 heterocycles. The summed E-state index contributed by atoms with van der Waals surface area (Å²) >= 11 is 10.6. The minimum atomic E-state index is -0.291. The van der Waals surface area contributed by atoms with Gasteiger partial charge in [-0.15, -0.1) is 0 Å². The van der Waals surface area contributed by atoms with Crippen molar-refractivity contribution < 1.29 is 9.59 Å². The number of carbonyl (C=O) groups excluding carboxylic acids is 2. The molecule has 0 atom stereocenters. The van der Waals surface area contributed by atoms with Gasteiger partial charge in [0.05, 0.1) is 4.47 Å². The van der Waals surface area contributed by atoms with Crippen molar-refractivity contribution in [1.82, 2.24) is 15.3 Å². The second kappa shape index (κ2) is 11.3. The fraction of sp³-hybridized carbons (Fsp3) is 0.333. The number of amides is 2. The summed E-state index contributed by atoms with van der Waals surface area (Å²) in [6.45, 7) is 2.45. The summed E-state index contributed by atoms with van der Waals surface area (Å²) in [7, 11) is 0. The predicted octanol–water partition coefficient (Wildman–Crippen LogP) is 4.54. The molecule has 0 fully saturated rings. The average Bonchev–Trinajstić information content (AvgIpc) is 2.66. The highest BCUT2D eigenvalue weighted by Crippen LogP contribution is 2.19. The highest BCUT2D eigenvalue weighted by molar-refractivity contribution is 9.10. The first-order valence-corrected chi connectivity index (χ1v) is 10.6. The summed E-state index contributed by atoms with van der Waals surface area (Å²) in [5.41, 5.74) is 0.990. The van der Waals surface area contributed by atoms with Gasteiger partial charge in [0.15, 0.2) is 5.16 Å². The van der Waals surface area contributed by atoms with E-state index in [-0.39, 0.29) is 11.8 Å². The SMILES string of the molecule is CCCSc1ncc(Br)c(C(=O)NCCCC(=O)Nc2ccc(Cl)cc2)n1. The Morgan fingerprint density at radius 3 is 2.70 bits per heavy atom. The van der Waals surface area contributed by atoms with E-state index in [1.807, 2.05) is 0 Å². The lowest BCUT2D eigenvalue weighted by atomic mass is 10.2. The molecule has 0 radical (unpaired) electrons. The molecule has 0 spiro atoms. The smallest absolute Gasteiger partial charge is 0.271 e. The van der Waals surface area contributed by atoms with E-state index in [1.54, 1.807) is 30.5 Å². The van der Waals surface area contributed by atoms with E-state index in [1.165, 1.54) is 11.8 Å². The van der Waals surface area contributed by atoms with Crippen LogP contribution in [0.4, 0.5) is 5.69 Å². The van der Waals surface area contributed by atoms with Gasteiger partial charge in [0.25, 0.3) is 5.91 Å². The molecule has 144 valence electrons. The molecule has 0 aliphatic rings. The minimum Gasteiger partial charge on any atom is -0.351 e. The van der Waals surface area contributed by atoms with Crippen LogP contribution in [0.3, 0.4) is 0 Å². The number of benzene rings is 1. The van der Waals surface area contributed by atoms with Crippen molar-refractivity contribution in [3.05, 3.63) is 45.7 Å². The van der Waals surface area contributed by atoms with Gasteiger partial charge >= 0.3 is 0 Å². The molecular formula is C18H20BrClN4O2S. The molecule has 0 aliphatic heterocycles. The summed E-state index contributed by atoms with van der Waals surface area (Å²) in [4.78, 5) is 32.7. The second-order valence-corrected chi connectivity index (χ2v) is 7.96. The van der Waals surface area contributed by atoms with Gasteiger partial charge in [-0.3, -0.25) is 9.59 Å². The third-order valence-corrected chi connectivity index (χ3v) is 5.27. The van der Waals surface area contributed by atoms with Gasteiger partial charge in [0.1, 0.15) is 5.69 Å². The molecule has 0 aliphatic carbocycles. The molecule has 0 bridgehead atoms. The quantitative estimate of drug-likeness (QED) is 0.318. The fourth-order valence-corrected chi connectivity index (χ4v) is 3.23. The molecule has 9 heteroatoms. The van der Waals surface area contributed by atoms with Crippen molar-refractivity contribution in [2.24, 2.45) is 0 Å². The fourth-order valence-electron chi connectivity index (χ4n) is 2.06. The normalized spacial score (nSPS) is 10.5. The maximum Gasteiger partial charge on any atom is 0.271 e. The predicted molar refractivity (Wildman–Crippen MR) is 112 cm³/mol. The van der Waals surface area contributed by atoms with Gasteiger partial charge < -0.3 is 10.6 Å². The maximum atomic E-state index is 12.3. The Morgan fingerprint density at radius 1 is 1.26 bits per heavy atom. The Balaban J connectivity index is 1.77. The molecule has 2 N–H and O–H groups in total. The molecule has 6 nitrogen and oxygen atoms in total. The first-order valence-electron chi connectivity index (χ1n) is 8.48. The number of nitrogens with zero attached hydrogens (tertiary/aromatic N) is 2. The molecule has 2 amide bonds. The molecular weight excluding hydrogens is 452 g/mol. The summed E-state index contributed by atoms with van der Waals surface area (Å²) < 4.78 is 0.543. The van der Waals surface area contributed by atoms with E-state index in [9.17, 15) is 9.59 Å². The zero-order valence-electron chi connectivity index (χ0n) is 14.8. The largest absolute Gasteiger partial charge is 0.351 e. The number of halogens is 2. The van der Waals surface area contributed by atoms with Crippen molar-refractivity contribution >= 4 is 56.8 Å². The van der Waals surface area contributed by atoms with Gasteiger partial charge in [-0.1, -0.05) is 30.3 Å². The molecule has 2 rings (SSSR count). The van der Waals surface area contributed by atoms with Gasteiger partial charge in [-0.2, -0.15) is 0 Å². The third-order valence-electron chi connectivity index (χ3n) is 3.37. The maximum absolute atomic E-state index is 12.3. The average molecular weight is 472 g/mol. The zero-order chi connectivity index (χ0) is 19.6. The molecule has 1 aromatic carbocycles. The molecule has 0 saturated heterocycles. The Morgan fingerprint density at radius 2 is 2.00 bits per heavy atom. The second-order valence-electron chi connectivity index (χ2n) is 5.61. The first-order chi connectivity index (χ1) is 13.0. The Kier molecular flexibility index (Phi) is 9.03. The lowest BCUT2D eigenvalue weighted by molar-refractivity contribution is -0.116. The van der Waals surface area contributed by atoms with Crippen LogP contribution in [0.2, 0.25) is 5.02 Å². The van der Waals surface area contributed by atoms with Gasteiger partial charge in [-0.25, -0.2) is 9.97 Å². The standard InChI is InChI=1S/C18H20BrClN4O2S/c1-2-10-27-18-22-11-14(19)16(24-18)17(26)21-9-3-4-15(25)23-13-7-5-12(20)6-8-13/h5-8,11H,2-4,9-10H2,1H3,(H,21,26)(H,23,25). The number of hydrogen-bond acceptors (Lipinski definition) is 5. The number of aromatic nitrogens is 2. The number of carbonyl (C=O) groups is 2. The minimum absolute atomic E-state index is 0.118. The van der Waals surface area contributed by atoms with E-state index in [0.29, 0.717) is 45.4 Å². The van der Waals surface area contributed by atoms with Gasteiger partial charge in [-0.05, 0) is 53.0 Å². The van der Waals surface area contributed by atoms with E-state index >= 15 is 0 Å². The number of nitrogens with one attached hydrogen (secondary N) is 2. The van der Waals surface area contributed by atoms with E-state index in [0.717, 1.165) is 12.2 Å². The van der Waals surface area contributed by atoms with Crippen LogP contribution in [0.15, 0.2) is 40.1 Å². The molecule has 0 unspecified atom stereocenters. The highest BCUT2D eigenvalue weighted by Gasteiger charge is 2.14. The molecule has 27 heavy (non-hydrogen) atoms. The van der Waals surface area contributed by atoms with Crippen LogP contribution in [-0.2, 0) is 4.79 Å². The monoisotopic (exact) mass is 470 g/mol. The van der Waals surface area contributed by atoms with E-state index < -0.39 is 0 Å². The Labute approximate surface area is 176 Å². The van der Waals surface area contributed by atoms with Crippen molar-refractivity contribution in [3.8, 4) is 0 Å². The molecule has 2 aromatic rings. The third kappa shape index (κ3) is 7.48. The Bertz CT molecular complexity index is 789. The van der Waals surface area contributed by atoms with Crippen LogP contribution in [0.5, 0.6) is 0 Å². The van der Waals surface area contributed by atoms with Crippen LogP contribution < -0.4 is 10.6 Å². The number of anilines is 1. The van der Waals surface area contributed by atoms with Crippen LogP contribution >= 0.6 is 39.3 Å². The van der Waals surface area contributed by atoms with Crippen molar-refractivity contribution in [1.29, 1.82) is 0 Å². The van der Waals surface area contributed by atoms with E-state index in [2.05, 4.69) is 43.5 Å². The summed E-state index contributed by atoms with van der Waals surface area (Å²) in [5, 5.41) is 6.76. The lowest BCUT2D eigenvalue weighted by Gasteiger charge is -2.08. The topological polar surface area (TPSA) is 84.0 Å². The number of rotatable bonds is 9. The number of thioether (sulfide) groups is 1. The summed E-state index contributed by atoms with van der Waals surface area (Å²) in [6, 6.07) is 6.90. The van der Waals surface area contributed by atoms with Gasteiger partial charge in [0, 0.05) is 35.6 Å². The Hall–Kier alpha value is -1.64. The summed E-state index contributed by atoms with van der Waals surface area (Å²) in [6.07, 6.45) is 3.40. The summed E-state index contributed by atoms with van der Waals surface area (Å²) in [5.74, 6) is 0.486. The first kappa shape index (κ1) is 21.7. The van der Waals surface area contributed by atoms with Crippen molar-refractivity contribution in [2.45, 2.75) is 31.3 Å². The number of hydrogen-bond donors (Lipinski definition) is 2.